The molecular formula is C22H25ClFNO5S. The van der Waals surface area contributed by atoms with E-state index in [2.05, 4.69) is 0 Å². The van der Waals surface area contributed by atoms with E-state index in [9.17, 15) is 22.7 Å². The zero-order valence-electron chi connectivity index (χ0n) is 17.2. The topological polar surface area (TPSA) is 83.9 Å². The smallest absolute Gasteiger partial charge is 0.343 e. The molecule has 3 rings (SSSR count). The number of ether oxygens (including phenoxy) is 1. The number of hydrogen-bond acceptors (Lipinski definition) is 5. The molecule has 6 nitrogen and oxygen atoms in total. The molecule has 0 aliphatic carbocycles. The third-order valence-corrected chi connectivity index (χ3v) is 7.55. The summed E-state index contributed by atoms with van der Waals surface area (Å²) in [6, 6.07) is 11.7. The van der Waals surface area contributed by atoms with Gasteiger partial charge in [-0.2, -0.15) is 4.31 Å². The second-order valence-electron chi connectivity index (χ2n) is 7.40. The van der Waals surface area contributed by atoms with Gasteiger partial charge in [0.2, 0.25) is 15.7 Å². The van der Waals surface area contributed by atoms with Crippen molar-refractivity contribution >= 4 is 27.6 Å². The number of alkyl halides is 1. The number of sulfonamides is 1. The molecule has 2 aromatic carbocycles. The number of benzene rings is 2. The van der Waals surface area contributed by atoms with Crippen molar-refractivity contribution in [1.29, 1.82) is 0 Å². The van der Waals surface area contributed by atoms with Gasteiger partial charge in [0.1, 0.15) is 0 Å². The molecular weight excluding hydrogens is 445 g/mol. The fourth-order valence-corrected chi connectivity index (χ4v) is 5.47. The Morgan fingerprint density at radius 1 is 1.23 bits per heavy atom. The number of piperidine rings is 1. The van der Waals surface area contributed by atoms with E-state index < -0.39 is 21.7 Å². The lowest BCUT2D eigenvalue weighted by Crippen LogP contribution is -2.49. The van der Waals surface area contributed by atoms with Gasteiger partial charge in [-0.3, -0.25) is 0 Å². The number of nitrogens with zero attached hydrogens (tertiary/aromatic N) is 1. The maximum atomic E-state index is 14.9. The molecule has 0 unspecified atom stereocenters. The highest BCUT2D eigenvalue weighted by Crippen LogP contribution is 2.36. The van der Waals surface area contributed by atoms with Gasteiger partial charge in [-0.1, -0.05) is 35.9 Å². The molecule has 168 valence electrons. The molecule has 0 atom stereocenters. The van der Waals surface area contributed by atoms with Crippen LogP contribution in [0.15, 0.2) is 47.4 Å². The highest BCUT2D eigenvalue weighted by molar-refractivity contribution is 7.89. The molecule has 2 aromatic rings. The van der Waals surface area contributed by atoms with E-state index in [1.807, 2.05) is 12.1 Å². The van der Waals surface area contributed by atoms with Gasteiger partial charge in [-0.25, -0.2) is 17.6 Å². The van der Waals surface area contributed by atoms with Crippen molar-refractivity contribution in [2.45, 2.75) is 36.8 Å². The monoisotopic (exact) mass is 469 g/mol. The summed E-state index contributed by atoms with van der Waals surface area (Å²) < 4.78 is 47.7. The van der Waals surface area contributed by atoms with E-state index >= 15 is 0 Å². The fourth-order valence-electron chi connectivity index (χ4n) is 3.66. The van der Waals surface area contributed by atoms with Crippen molar-refractivity contribution in [3.63, 3.8) is 0 Å². The Balaban J connectivity index is 1.93. The average Bonchev–Trinajstić information content (AvgIpc) is 2.74. The van der Waals surface area contributed by atoms with Gasteiger partial charge < -0.3 is 9.84 Å². The summed E-state index contributed by atoms with van der Waals surface area (Å²) >= 11 is 6.16. The Morgan fingerprint density at radius 2 is 1.94 bits per heavy atom. The molecule has 1 saturated heterocycles. The Bertz CT molecular complexity index is 1050. The Hall–Kier alpha value is -2.00. The largest absolute Gasteiger partial charge is 0.464 e. The molecule has 0 spiro atoms. The second kappa shape index (κ2) is 9.65. The molecule has 0 aromatic heterocycles. The summed E-state index contributed by atoms with van der Waals surface area (Å²) in [5, 5.41) is 9.59. The van der Waals surface area contributed by atoms with Crippen LogP contribution in [0.1, 0.15) is 25.3 Å². The van der Waals surface area contributed by atoms with Crippen molar-refractivity contribution in [1.82, 2.24) is 4.31 Å². The van der Waals surface area contributed by atoms with Crippen LogP contribution >= 0.6 is 11.6 Å². The number of carbonyl (C=O) groups is 1. The van der Waals surface area contributed by atoms with Crippen LogP contribution in [-0.4, -0.2) is 55.8 Å². The summed E-state index contributed by atoms with van der Waals surface area (Å²) in [6.07, 6.45) is -0.0883. The minimum atomic E-state index is -3.96. The van der Waals surface area contributed by atoms with Crippen LogP contribution in [0.2, 0.25) is 5.02 Å². The number of esters is 1. The highest BCUT2D eigenvalue weighted by atomic mass is 35.5. The quantitative estimate of drug-likeness (QED) is 0.626. The lowest BCUT2D eigenvalue weighted by atomic mass is 9.95. The van der Waals surface area contributed by atoms with Gasteiger partial charge in [0.15, 0.2) is 0 Å². The van der Waals surface area contributed by atoms with E-state index in [1.54, 1.807) is 25.1 Å². The third kappa shape index (κ3) is 5.09. The second-order valence-corrected chi connectivity index (χ2v) is 9.75. The Labute approximate surface area is 186 Å². The maximum absolute atomic E-state index is 14.9. The zero-order chi connectivity index (χ0) is 22.6. The van der Waals surface area contributed by atoms with Gasteiger partial charge in [-0.05, 0) is 42.7 Å². The van der Waals surface area contributed by atoms with E-state index in [4.69, 9.17) is 16.3 Å². The average molecular weight is 470 g/mol. The molecule has 1 aliphatic heterocycles. The molecule has 0 radical (unpaired) electrons. The van der Waals surface area contributed by atoms with Crippen LogP contribution in [-0.2, 0) is 26.0 Å². The summed E-state index contributed by atoms with van der Waals surface area (Å²) in [5.41, 5.74) is -0.244. The molecule has 0 amide bonds. The van der Waals surface area contributed by atoms with Crippen molar-refractivity contribution in [2.75, 3.05) is 26.3 Å². The van der Waals surface area contributed by atoms with Gasteiger partial charge >= 0.3 is 5.97 Å². The summed E-state index contributed by atoms with van der Waals surface area (Å²) in [6.45, 7) is 1.37. The summed E-state index contributed by atoms with van der Waals surface area (Å²) in [4.78, 5) is 12.0. The number of aliphatic hydroxyl groups is 1. The first kappa shape index (κ1) is 23.7. The van der Waals surface area contributed by atoms with Crippen LogP contribution in [0.25, 0.3) is 11.1 Å². The number of halogens is 2. The fraction of sp³-hybridized carbons (Fsp3) is 0.409. The van der Waals surface area contributed by atoms with E-state index in [0.717, 1.165) is 5.56 Å². The predicted molar refractivity (Wildman–Crippen MR) is 116 cm³/mol. The lowest BCUT2D eigenvalue weighted by Gasteiger charge is -2.34. The first-order valence-electron chi connectivity index (χ1n) is 10.1. The zero-order valence-corrected chi connectivity index (χ0v) is 18.8. The van der Waals surface area contributed by atoms with Crippen molar-refractivity contribution < 1.29 is 27.4 Å². The van der Waals surface area contributed by atoms with Crippen LogP contribution in [0.4, 0.5) is 4.39 Å². The molecule has 31 heavy (non-hydrogen) atoms. The number of aliphatic hydroxyl groups excluding tert-OH is 1. The predicted octanol–water partition coefficient (Wildman–Crippen LogP) is 3.60. The molecule has 0 bridgehead atoms. The first-order chi connectivity index (χ1) is 14.7. The minimum Gasteiger partial charge on any atom is -0.464 e. The van der Waals surface area contributed by atoms with Crippen LogP contribution < -0.4 is 0 Å². The molecule has 1 fully saturated rings. The maximum Gasteiger partial charge on any atom is 0.343 e. The van der Waals surface area contributed by atoms with E-state index in [1.165, 1.54) is 16.4 Å². The van der Waals surface area contributed by atoms with Crippen LogP contribution in [0, 0.1) is 0 Å². The number of rotatable bonds is 7. The van der Waals surface area contributed by atoms with Gasteiger partial charge in [0.25, 0.3) is 0 Å². The number of carbonyl (C=O) groups excluding carboxylic acids is 1. The highest BCUT2D eigenvalue weighted by Gasteiger charge is 2.45. The lowest BCUT2D eigenvalue weighted by molar-refractivity contribution is -0.160. The van der Waals surface area contributed by atoms with Gasteiger partial charge in [-0.15, -0.1) is 0 Å². The van der Waals surface area contributed by atoms with Crippen molar-refractivity contribution in [3.8, 4) is 11.1 Å². The molecule has 1 heterocycles. The summed E-state index contributed by atoms with van der Waals surface area (Å²) in [7, 11) is -3.96. The van der Waals surface area contributed by atoms with Crippen LogP contribution in [0.5, 0.6) is 0 Å². The SMILES string of the molecule is CCOC(=O)C1(F)CCN(S(=O)(=O)c2ccc(Cl)cc2-c2cccc(CCO)c2)CC1. The standard InChI is InChI=1S/C22H25ClFNO5S/c1-2-30-21(27)22(24)9-11-25(12-10-22)31(28,29)20-7-6-18(23)15-19(20)17-5-3-4-16(14-17)8-13-26/h3-7,14-15,26H,2,8-13H2,1H3. The molecule has 0 saturated carbocycles. The number of hydrogen-bond donors (Lipinski definition) is 1. The molecule has 1 N–H and O–H groups in total. The first-order valence-corrected chi connectivity index (χ1v) is 11.9. The van der Waals surface area contributed by atoms with Gasteiger partial charge in [0, 0.05) is 43.1 Å². The Kier molecular flexibility index (Phi) is 7.36. The minimum absolute atomic E-state index is 0.0244. The normalized spacial score (nSPS) is 16.8. The van der Waals surface area contributed by atoms with Crippen molar-refractivity contribution in [2.24, 2.45) is 0 Å². The van der Waals surface area contributed by atoms with Crippen molar-refractivity contribution in [3.05, 3.63) is 53.1 Å². The van der Waals surface area contributed by atoms with E-state index in [0.29, 0.717) is 22.6 Å². The Morgan fingerprint density at radius 3 is 2.58 bits per heavy atom. The van der Waals surface area contributed by atoms with E-state index in [-0.39, 0.29) is 44.0 Å². The molecule has 9 heteroatoms. The van der Waals surface area contributed by atoms with Crippen LogP contribution in [0.3, 0.4) is 0 Å². The third-order valence-electron chi connectivity index (χ3n) is 5.35. The molecule has 1 aliphatic rings. The summed E-state index contributed by atoms with van der Waals surface area (Å²) in [5.74, 6) is -0.945. The van der Waals surface area contributed by atoms with Gasteiger partial charge in [0.05, 0.1) is 11.5 Å².